The third-order valence-corrected chi connectivity index (χ3v) is 3.26. The Morgan fingerprint density at radius 3 is 2.54 bits per heavy atom. The molecule has 1 aromatic carbocycles. The van der Waals surface area contributed by atoms with Gasteiger partial charge in [-0.25, -0.2) is 18.8 Å². The Bertz CT molecular complexity index is 653. The van der Waals surface area contributed by atoms with E-state index in [1.807, 2.05) is 6.92 Å². The molecule has 24 heavy (non-hydrogen) atoms. The van der Waals surface area contributed by atoms with Gasteiger partial charge >= 0.3 is 0 Å². The first-order valence-electron chi connectivity index (χ1n) is 7.39. The summed E-state index contributed by atoms with van der Waals surface area (Å²) in [5.41, 5.74) is 0.0733. The summed E-state index contributed by atoms with van der Waals surface area (Å²) in [7, 11) is 1.79. The summed E-state index contributed by atoms with van der Waals surface area (Å²) < 4.78 is 28.8. The molecule has 0 amide bonds. The van der Waals surface area contributed by atoms with Gasteiger partial charge in [0.25, 0.3) is 0 Å². The lowest BCUT2D eigenvalue weighted by molar-refractivity contribution is 0.553. The van der Waals surface area contributed by atoms with Gasteiger partial charge in [-0.15, -0.1) is 24.0 Å². The minimum atomic E-state index is -0.534. The van der Waals surface area contributed by atoms with Crippen LogP contribution in [0.1, 0.15) is 18.3 Å². The monoisotopic (exact) mass is 450 g/mol. The summed E-state index contributed by atoms with van der Waals surface area (Å²) in [6, 6.07) is 3.87. The fraction of sp³-hybridized carbons (Fsp3) is 0.400. The predicted octanol–water partition coefficient (Wildman–Crippen LogP) is 2.01. The number of guanidine groups is 1. The molecule has 2 rings (SSSR count). The van der Waals surface area contributed by atoms with Gasteiger partial charge in [-0.1, -0.05) is 6.07 Å². The maximum Gasteiger partial charge on any atom is 0.191 e. The molecule has 2 aromatic rings. The number of halogens is 3. The van der Waals surface area contributed by atoms with E-state index >= 15 is 0 Å². The zero-order valence-corrected chi connectivity index (χ0v) is 15.9. The summed E-state index contributed by atoms with van der Waals surface area (Å²) in [6.45, 7) is 3.34. The molecule has 0 unspecified atom stereocenters. The van der Waals surface area contributed by atoms with Gasteiger partial charge in [-0.2, -0.15) is 5.10 Å². The van der Waals surface area contributed by atoms with E-state index in [1.54, 1.807) is 11.7 Å². The Hall–Kier alpha value is -1.78. The van der Waals surface area contributed by atoms with E-state index in [4.69, 9.17) is 0 Å². The lowest BCUT2D eigenvalue weighted by Gasteiger charge is -2.11. The maximum absolute atomic E-state index is 13.6. The van der Waals surface area contributed by atoms with Gasteiger partial charge in [-0.3, -0.25) is 4.68 Å². The van der Waals surface area contributed by atoms with Gasteiger partial charge in [0.1, 0.15) is 30.3 Å². The number of hydrogen-bond donors (Lipinski definition) is 2. The molecule has 0 aliphatic heterocycles. The maximum atomic E-state index is 13.6. The van der Waals surface area contributed by atoms with Crippen LogP contribution in [-0.2, 0) is 20.0 Å². The SMILES string of the molecule is CCNC(=NCc1ncnn1C)NCCc1c(F)cccc1F.I. The molecule has 0 aliphatic rings. The Kier molecular flexibility index (Phi) is 8.58. The van der Waals surface area contributed by atoms with Crippen LogP contribution in [-0.4, -0.2) is 33.8 Å². The fourth-order valence-corrected chi connectivity index (χ4v) is 2.03. The van der Waals surface area contributed by atoms with Crippen LogP contribution in [0.25, 0.3) is 0 Å². The van der Waals surface area contributed by atoms with Crippen molar-refractivity contribution in [2.24, 2.45) is 12.0 Å². The second-order valence-electron chi connectivity index (χ2n) is 4.87. The van der Waals surface area contributed by atoms with Crippen LogP contribution >= 0.6 is 24.0 Å². The van der Waals surface area contributed by atoms with E-state index in [1.165, 1.54) is 24.5 Å². The van der Waals surface area contributed by atoms with Crippen molar-refractivity contribution in [3.8, 4) is 0 Å². The number of nitrogens with one attached hydrogen (secondary N) is 2. The number of aliphatic imine (C=N–C) groups is 1. The highest BCUT2D eigenvalue weighted by atomic mass is 127. The first-order chi connectivity index (χ1) is 11.1. The van der Waals surface area contributed by atoms with E-state index in [0.717, 1.165) is 5.82 Å². The number of aryl methyl sites for hydroxylation is 1. The highest BCUT2D eigenvalue weighted by Crippen LogP contribution is 2.11. The molecule has 9 heteroatoms. The topological polar surface area (TPSA) is 67.1 Å². The summed E-state index contributed by atoms with van der Waals surface area (Å²) in [6.07, 6.45) is 1.69. The van der Waals surface area contributed by atoms with Crippen LogP contribution in [0.3, 0.4) is 0 Å². The lowest BCUT2D eigenvalue weighted by atomic mass is 10.1. The predicted molar refractivity (Wildman–Crippen MR) is 99.3 cm³/mol. The summed E-state index contributed by atoms with van der Waals surface area (Å²) in [5, 5.41) is 10.1. The number of nitrogens with zero attached hydrogens (tertiary/aromatic N) is 4. The molecule has 2 N–H and O–H groups in total. The summed E-state index contributed by atoms with van der Waals surface area (Å²) in [4.78, 5) is 8.47. The number of rotatable bonds is 6. The van der Waals surface area contributed by atoms with Crippen LogP contribution in [0, 0.1) is 11.6 Å². The molecule has 0 saturated carbocycles. The van der Waals surface area contributed by atoms with Crippen LogP contribution in [0.15, 0.2) is 29.5 Å². The third kappa shape index (κ3) is 5.69. The molecule has 0 atom stereocenters. The Morgan fingerprint density at radius 1 is 1.25 bits per heavy atom. The molecule has 0 radical (unpaired) electrons. The molecule has 132 valence electrons. The molecule has 0 saturated heterocycles. The van der Waals surface area contributed by atoms with Gasteiger partial charge in [0.05, 0.1) is 0 Å². The minimum Gasteiger partial charge on any atom is -0.357 e. The van der Waals surface area contributed by atoms with E-state index in [-0.39, 0.29) is 36.0 Å². The smallest absolute Gasteiger partial charge is 0.191 e. The zero-order chi connectivity index (χ0) is 16.7. The average molecular weight is 450 g/mol. The fourth-order valence-electron chi connectivity index (χ4n) is 2.03. The molecule has 0 spiro atoms. The van der Waals surface area contributed by atoms with Crippen molar-refractivity contribution in [3.63, 3.8) is 0 Å². The van der Waals surface area contributed by atoms with E-state index in [0.29, 0.717) is 25.6 Å². The number of hydrogen-bond acceptors (Lipinski definition) is 3. The average Bonchev–Trinajstić information content (AvgIpc) is 2.93. The molecule has 1 heterocycles. The van der Waals surface area contributed by atoms with Crippen LogP contribution in [0.4, 0.5) is 8.78 Å². The summed E-state index contributed by atoms with van der Waals surface area (Å²) >= 11 is 0. The Balaban J connectivity index is 0.00000288. The van der Waals surface area contributed by atoms with Crippen molar-refractivity contribution in [2.75, 3.05) is 13.1 Å². The van der Waals surface area contributed by atoms with Crippen molar-refractivity contribution >= 4 is 29.9 Å². The minimum absolute atomic E-state index is 0. The Labute approximate surface area is 156 Å². The van der Waals surface area contributed by atoms with E-state index in [2.05, 4.69) is 25.7 Å². The van der Waals surface area contributed by atoms with Crippen molar-refractivity contribution in [1.82, 2.24) is 25.4 Å². The van der Waals surface area contributed by atoms with Gasteiger partial charge in [0.2, 0.25) is 0 Å². The van der Waals surface area contributed by atoms with Crippen molar-refractivity contribution in [3.05, 3.63) is 47.5 Å². The van der Waals surface area contributed by atoms with Crippen LogP contribution in [0.5, 0.6) is 0 Å². The third-order valence-electron chi connectivity index (χ3n) is 3.26. The molecular weight excluding hydrogens is 429 g/mol. The molecule has 0 bridgehead atoms. The van der Waals surface area contributed by atoms with Gasteiger partial charge in [0, 0.05) is 25.7 Å². The normalized spacial score (nSPS) is 11.1. The standard InChI is InChI=1S/C15H20F2N6.HI/c1-3-18-15(20-9-14-21-10-22-23(14)2)19-8-7-11-12(16)5-4-6-13(11)17;/h4-6,10H,3,7-9H2,1-2H3,(H2,18,19,20);1H. The first kappa shape index (κ1) is 20.3. The quantitative estimate of drug-likeness (QED) is 0.402. The molecule has 1 aromatic heterocycles. The largest absolute Gasteiger partial charge is 0.357 e. The van der Waals surface area contributed by atoms with Gasteiger partial charge in [-0.05, 0) is 25.5 Å². The number of benzene rings is 1. The molecule has 6 nitrogen and oxygen atoms in total. The van der Waals surface area contributed by atoms with E-state index in [9.17, 15) is 8.78 Å². The van der Waals surface area contributed by atoms with Crippen molar-refractivity contribution < 1.29 is 8.78 Å². The zero-order valence-electron chi connectivity index (χ0n) is 13.6. The van der Waals surface area contributed by atoms with Gasteiger partial charge < -0.3 is 10.6 Å². The van der Waals surface area contributed by atoms with E-state index < -0.39 is 11.6 Å². The van der Waals surface area contributed by atoms with Crippen molar-refractivity contribution in [1.29, 1.82) is 0 Å². The summed E-state index contributed by atoms with van der Waals surface area (Å²) in [5.74, 6) is 0.218. The second kappa shape index (κ2) is 10.2. The molecular formula is C15H21F2IN6. The lowest BCUT2D eigenvalue weighted by Crippen LogP contribution is -2.38. The highest BCUT2D eigenvalue weighted by molar-refractivity contribution is 14.0. The number of aromatic nitrogens is 3. The van der Waals surface area contributed by atoms with Crippen LogP contribution in [0.2, 0.25) is 0 Å². The van der Waals surface area contributed by atoms with Crippen molar-refractivity contribution in [2.45, 2.75) is 19.9 Å². The first-order valence-corrected chi connectivity index (χ1v) is 7.39. The molecule has 0 aliphatic carbocycles. The van der Waals surface area contributed by atoms with Gasteiger partial charge in [0.15, 0.2) is 5.96 Å². The highest BCUT2D eigenvalue weighted by Gasteiger charge is 2.08. The second-order valence-corrected chi connectivity index (χ2v) is 4.87. The molecule has 0 fully saturated rings. The Morgan fingerprint density at radius 2 is 1.96 bits per heavy atom. The van der Waals surface area contributed by atoms with Crippen LogP contribution < -0.4 is 10.6 Å².